The van der Waals surface area contributed by atoms with Crippen molar-refractivity contribution in [2.45, 2.75) is 39.2 Å². The number of ether oxygens (including phenoxy) is 3. The molecule has 39 heavy (non-hydrogen) atoms. The van der Waals surface area contributed by atoms with Crippen molar-refractivity contribution in [2.75, 3.05) is 13.2 Å². The zero-order valence-corrected chi connectivity index (χ0v) is 22.2. The molecule has 0 saturated heterocycles. The average Bonchev–Trinajstić information content (AvgIpc) is 2.96. The molecule has 0 aliphatic carbocycles. The van der Waals surface area contributed by atoms with Crippen LogP contribution in [0.25, 0.3) is 11.1 Å². The summed E-state index contributed by atoms with van der Waals surface area (Å²) in [6, 6.07) is 20.3. The predicted molar refractivity (Wildman–Crippen MR) is 150 cm³/mol. The number of benzene rings is 3. The van der Waals surface area contributed by atoms with Crippen LogP contribution in [0.5, 0.6) is 17.2 Å². The molecule has 0 unspecified atom stereocenters. The largest absolute Gasteiger partial charge is 0.489 e. The molecule has 7 heteroatoms. The van der Waals surface area contributed by atoms with E-state index < -0.39 is 25.2 Å². The molecule has 3 aromatic carbocycles. The minimum atomic E-state index is -0.815. The smallest absolute Gasteiger partial charge is 0.341 e. The van der Waals surface area contributed by atoms with Gasteiger partial charge in [0.05, 0.1) is 24.4 Å². The fourth-order valence-electron chi connectivity index (χ4n) is 3.64. The first-order valence-corrected chi connectivity index (χ1v) is 12.8. The van der Waals surface area contributed by atoms with Crippen LogP contribution in [0.2, 0.25) is 0 Å². The maximum Gasteiger partial charge on any atom is 0.341 e. The molecule has 0 radical (unpaired) electrons. The molecule has 0 saturated carbocycles. The van der Waals surface area contributed by atoms with Crippen LogP contribution in [0.4, 0.5) is 0 Å². The highest BCUT2D eigenvalue weighted by atomic mass is 16.5. The zero-order chi connectivity index (χ0) is 28.2. The number of aryl methyl sites for hydroxylation is 1. The molecule has 204 valence electrons. The van der Waals surface area contributed by atoms with Gasteiger partial charge in [-0.3, -0.25) is 0 Å². The third-order valence-corrected chi connectivity index (χ3v) is 5.95. The number of unbranched alkanes of at least 4 members (excludes halogenated alkanes) is 2. The molecule has 2 N–H and O–H groups in total. The van der Waals surface area contributed by atoms with Gasteiger partial charge in [-0.15, -0.1) is 0 Å². The van der Waals surface area contributed by atoms with Gasteiger partial charge in [-0.25, -0.2) is 9.59 Å². The first kappa shape index (κ1) is 29.4. The van der Waals surface area contributed by atoms with Crippen LogP contribution in [0.15, 0.2) is 91.0 Å². The molecule has 0 aliphatic rings. The van der Waals surface area contributed by atoms with Crippen LogP contribution < -0.4 is 14.2 Å². The number of aliphatic hydroxyl groups is 2. The van der Waals surface area contributed by atoms with Crippen molar-refractivity contribution in [2.24, 2.45) is 0 Å². The van der Waals surface area contributed by atoms with E-state index in [4.69, 9.17) is 24.4 Å². The van der Waals surface area contributed by atoms with E-state index >= 15 is 0 Å². The molecule has 0 aromatic heterocycles. The molecule has 3 aromatic rings. The number of hydrogen-bond acceptors (Lipinski definition) is 7. The van der Waals surface area contributed by atoms with Crippen molar-refractivity contribution in [3.05, 3.63) is 102 Å². The molecule has 7 nitrogen and oxygen atoms in total. The van der Waals surface area contributed by atoms with Crippen molar-refractivity contribution >= 4 is 11.9 Å². The van der Waals surface area contributed by atoms with Crippen LogP contribution in [0.3, 0.4) is 0 Å². The fraction of sp³-hybridized carbons (Fsp3) is 0.250. The van der Waals surface area contributed by atoms with Crippen molar-refractivity contribution in [1.29, 1.82) is 0 Å². The Morgan fingerprint density at radius 3 is 1.74 bits per heavy atom. The van der Waals surface area contributed by atoms with E-state index in [1.807, 2.05) is 24.3 Å². The Kier molecular flexibility index (Phi) is 11.0. The summed E-state index contributed by atoms with van der Waals surface area (Å²) in [6.45, 7) is 8.45. The second-order valence-corrected chi connectivity index (χ2v) is 9.08. The monoisotopic (exact) mass is 530 g/mol. The quantitative estimate of drug-likeness (QED) is 0.122. The summed E-state index contributed by atoms with van der Waals surface area (Å²) in [7, 11) is 0. The Balaban J connectivity index is 1.73. The lowest BCUT2D eigenvalue weighted by atomic mass is 10.0. The van der Waals surface area contributed by atoms with Gasteiger partial charge in [-0.05, 0) is 59.4 Å². The third kappa shape index (κ3) is 8.95. The van der Waals surface area contributed by atoms with Crippen molar-refractivity contribution < 1.29 is 34.0 Å². The van der Waals surface area contributed by atoms with Gasteiger partial charge in [0.2, 0.25) is 0 Å². The fourth-order valence-corrected chi connectivity index (χ4v) is 3.64. The standard InChI is InChI=1S/C32H34O7/c1-4-5-6-7-24-8-10-25(11-9-24)21-37-28-14-12-26(13-15-28)27-16-29(38-31(35)22(2)19-33)18-30(17-27)39-32(36)23(3)20-34/h8-18,33-34H,2-7,19-21H2,1H3. The number of hydrogen-bond donors (Lipinski definition) is 2. The Morgan fingerprint density at radius 1 is 0.692 bits per heavy atom. The van der Waals surface area contributed by atoms with E-state index in [0.29, 0.717) is 17.9 Å². The van der Waals surface area contributed by atoms with Gasteiger partial charge in [0.1, 0.15) is 23.9 Å². The molecule has 0 amide bonds. The summed E-state index contributed by atoms with van der Waals surface area (Å²) in [5, 5.41) is 18.3. The molecule has 3 rings (SSSR count). The predicted octanol–water partition coefficient (Wildman–Crippen LogP) is 5.57. The molecular weight excluding hydrogens is 496 g/mol. The molecule has 0 heterocycles. The number of carbonyl (C=O) groups excluding carboxylic acids is 2. The SMILES string of the molecule is C=C(CO)C(=O)Oc1cc(OC(=O)C(=C)CO)cc(-c2ccc(OCc3ccc(CCCCC)cc3)cc2)c1. The van der Waals surface area contributed by atoms with E-state index in [1.165, 1.54) is 30.9 Å². The number of carbonyl (C=O) groups is 2. The molecule has 0 bridgehead atoms. The van der Waals surface area contributed by atoms with Crippen LogP contribution in [-0.4, -0.2) is 35.4 Å². The minimum Gasteiger partial charge on any atom is -0.489 e. The van der Waals surface area contributed by atoms with E-state index in [2.05, 4.69) is 44.3 Å². The van der Waals surface area contributed by atoms with Crippen molar-refractivity contribution in [3.63, 3.8) is 0 Å². The topological polar surface area (TPSA) is 102 Å². The van der Waals surface area contributed by atoms with Crippen molar-refractivity contribution in [3.8, 4) is 28.4 Å². The van der Waals surface area contributed by atoms with Crippen LogP contribution in [0.1, 0.15) is 37.3 Å². The number of esters is 2. The lowest BCUT2D eigenvalue weighted by Crippen LogP contribution is -2.14. The van der Waals surface area contributed by atoms with Crippen LogP contribution in [0, 0.1) is 0 Å². The highest BCUT2D eigenvalue weighted by molar-refractivity contribution is 5.91. The first-order valence-electron chi connectivity index (χ1n) is 12.8. The van der Waals surface area contributed by atoms with Gasteiger partial charge in [0.25, 0.3) is 0 Å². The second-order valence-electron chi connectivity index (χ2n) is 9.08. The summed E-state index contributed by atoms with van der Waals surface area (Å²) in [5.41, 5.74) is 3.50. The normalized spacial score (nSPS) is 10.5. The van der Waals surface area contributed by atoms with E-state index in [1.54, 1.807) is 12.1 Å². The first-order chi connectivity index (χ1) is 18.8. The Labute approximate surface area is 229 Å². The number of aliphatic hydroxyl groups excluding tert-OH is 2. The number of rotatable bonds is 14. The molecular formula is C32H34O7. The lowest BCUT2D eigenvalue weighted by molar-refractivity contribution is -0.131. The summed E-state index contributed by atoms with van der Waals surface area (Å²) in [6.07, 6.45) is 4.73. The highest BCUT2D eigenvalue weighted by Gasteiger charge is 2.15. The summed E-state index contributed by atoms with van der Waals surface area (Å²) in [4.78, 5) is 24.3. The third-order valence-electron chi connectivity index (χ3n) is 5.95. The van der Waals surface area contributed by atoms with Gasteiger partial charge >= 0.3 is 11.9 Å². The summed E-state index contributed by atoms with van der Waals surface area (Å²) < 4.78 is 16.5. The molecule has 0 spiro atoms. The van der Waals surface area contributed by atoms with Crippen LogP contribution >= 0.6 is 0 Å². The van der Waals surface area contributed by atoms with Gasteiger partial charge in [0, 0.05) is 6.07 Å². The summed E-state index contributed by atoms with van der Waals surface area (Å²) in [5.74, 6) is -0.779. The van der Waals surface area contributed by atoms with E-state index in [-0.39, 0.29) is 22.6 Å². The van der Waals surface area contributed by atoms with Gasteiger partial charge in [-0.2, -0.15) is 0 Å². The maximum atomic E-state index is 12.1. The highest BCUT2D eigenvalue weighted by Crippen LogP contribution is 2.32. The van der Waals surface area contributed by atoms with E-state index in [0.717, 1.165) is 17.5 Å². The Hall–Kier alpha value is -4.20. The van der Waals surface area contributed by atoms with Gasteiger partial charge < -0.3 is 24.4 Å². The summed E-state index contributed by atoms with van der Waals surface area (Å²) >= 11 is 0. The minimum absolute atomic E-state index is 0.0861. The molecule has 0 fully saturated rings. The van der Waals surface area contributed by atoms with E-state index in [9.17, 15) is 9.59 Å². The van der Waals surface area contributed by atoms with Gasteiger partial charge in [0.15, 0.2) is 0 Å². The zero-order valence-electron chi connectivity index (χ0n) is 22.2. The average molecular weight is 531 g/mol. The second kappa shape index (κ2) is 14.7. The lowest BCUT2D eigenvalue weighted by Gasteiger charge is -2.12. The molecule has 0 atom stereocenters. The Morgan fingerprint density at radius 2 is 1.23 bits per heavy atom. The maximum absolute atomic E-state index is 12.1. The van der Waals surface area contributed by atoms with Gasteiger partial charge in [-0.1, -0.05) is 69.3 Å². The van der Waals surface area contributed by atoms with Crippen LogP contribution in [-0.2, 0) is 22.6 Å². The van der Waals surface area contributed by atoms with Crippen molar-refractivity contribution in [1.82, 2.24) is 0 Å². The Bertz CT molecular complexity index is 1240. The molecule has 0 aliphatic heterocycles.